The van der Waals surface area contributed by atoms with Crippen LogP contribution in [0.5, 0.6) is 0 Å². The molecular formula is C40H54O2. The number of hydrogen-bond donors (Lipinski definition) is 1. The van der Waals surface area contributed by atoms with Crippen LogP contribution >= 0.6 is 0 Å². The highest BCUT2D eigenvalue weighted by atomic mass is 16.3. The van der Waals surface area contributed by atoms with Gasteiger partial charge < -0.3 is 5.11 Å². The summed E-state index contributed by atoms with van der Waals surface area (Å²) >= 11 is 0. The minimum absolute atomic E-state index is 0.000967. The SMILES string of the molecule is CC(C=CC=C(C)C=CC1=C(C)CC(O)CC1(C)C)=CC=CC=C(C)C=CC=C(C=O)CCC1C(C)=CC=CC1(C)C. The molecule has 2 heteroatoms. The molecule has 0 amide bonds. The molecule has 0 spiro atoms. The summed E-state index contributed by atoms with van der Waals surface area (Å²) in [6, 6.07) is 0. The number of carbonyl (C=O) groups excluding carboxylic acids is 1. The quantitative estimate of drug-likeness (QED) is 0.145. The van der Waals surface area contributed by atoms with Gasteiger partial charge in [0.25, 0.3) is 0 Å². The molecule has 2 rings (SSSR count). The zero-order valence-corrected chi connectivity index (χ0v) is 27.6. The molecule has 0 aromatic carbocycles. The lowest BCUT2D eigenvalue weighted by Crippen LogP contribution is -2.28. The lowest BCUT2D eigenvalue weighted by Gasteiger charge is -2.35. The predicted molar refractivity (Wildman–Crippen MR) is 183 cm³/mol. The van der Waals surface area contributed by atoms with E-state index in [1.54, 1.807) is 0 Å². The Labute approximate surface area is 256 Å². The van der Waals surface area contributed by atoms with Crippen molar-refractivity contribution in [3.8, 4) is 0 Å². The van der Waals surface area contributed by atoms with Gasteiger partial charge in [0.05, 0.1) is 6.10 Å². The molecule has 0 bridgehead atoms. The van der Waals surface area contributed by atoms with Gasteiger partial charge in [-0.3, -0.25) is 4.79 Å². The largest absolute Gasteiger partial charge is 0.393 e. The van der Waals surface area contributed by atoms with E-state index in [4.69, 9.17) is 0 Å². The van der Waals surface area contributed by atoms with Crippen molar-refractivity contribution in [3.05, 3.63) is 130 Å². The van der Waals surface area contributed by atoms with E-state index in [0.717, 1.165) is 43.1 Å². The summed E-state index contributed by atoms with van der Waals surface area (Å²) in [7, 11) is 0. The fourth-order valence-electron chi connectivity index (χ4n) is 6.01. The minimum Gasteiger partial charge on any atom is -0.393 e. The molecule has 0 fully saturated rings. The maximum Gasteiger partial charge on any atom is 0.146 e. The van der Waals surface area contributed by atoms with Gasteiger partial charge >= 0.3 is 0 Å². The molecule has 2 aliphatic rings. The van der Waals surface area contributed by atoms with E-state index >= 15 is 0 Å². The maximum atomic E-state index is 11.6. The van der Waals surface area contributed by atoms with E-state index in [2.05, 4.69) is 123 Å². The molecule has 0 saturated heterocycles. The Balaban J connectivity index is 1.88. The Kier molecular flexibility index (Phi) is 13.7. The van der Waals surface area contributed by atoms with Gasteiger partial charge in [0, 0.05) is 0 Å². The van der Waals surface area contributed by atoms with E-state index in [-0.39, 0.29) is 16.9 Å². The molecule has 0 aromatic heterocycles. The number of aliphatic hydroxyl groups is 1. The first-order valence-electron chi connectivity index (χ1n) is 15.4. The van der Waals surface area contributed by atoms with E-state index in [1.165, 1.54) is 27.9 Å². The van der Waals surface area contributed by atoms with Crippen LogP contribution < -0.4 is 0 Å². The molecule has 42 heavy (non-hydrogen) atoms. The molecule has 2 atom stereocenters. The first-order chi connectivity index (χ1) is 19.7. The third-order valence-electron chi connectivity index (χ3n) is 8.41. The third-order valence-corrected chi connectivity index (χ3v) is 8.41. The Bertz CT molecular complexity index is 1290. The van der Waals surface area contributed by atoms with E-state index < -0.39 is 0 Å². The van der Waals surface area contributed by atoms with Crippen LogP contribution in [0.2, 0.25) is 0 Å². The Morgan fingerprint density at radius 2 is 1.45 bits per heavy atom. The zero-order valence-electron chi connectivity index (χ0n) is 27.6. The number of carbonyl (C=O) groups is 1. The van der Waals surface area contributed by atoms with Crippen LogP contribution in [-0.4, -0.2) is 17.5 Å². The molecule has 226 valence electrons. The molecule has 2 aliphatic carbocycles. The van der Waals surface area contributed by atoms with Crippen LogP contribution in [0.3, 0.4) is 0 Å². The summed E-state index contributed by atoms with van der Waals surface area (Å²) in [5.74, 6) is 0.461. The maximum absolute atomic E-state index is 11.6. The normalized spacial score (nSPS) is 24.1. The summed E-state index contributed by atoms with van der Waals surface area (Å²) in [5.41, 5.74) is 8.46. The highest BCUT2D eigenvalue weighted by Crippen LogP contribution is 2.41. The second kappa shape index (κ2) is 16.4. The van der Waals surface area contributed by atoms with Crippen molar-refractivity contribution >= 4 is 6.29 Å². The molecule has 2 nitrogen and oxygen atoms in total. The van der Waals surface area contributed by atoms with Crippen molar-refractivity contribution in [3.63, 3.8) is 0 Å². The fraction of sp³-hybridized carbons (Fsp3) is 0.425. The van der Waals surface area contributed by atoms with Gasteiger partial charge in [-0.05, 0) is 88.2 Å². The Hall–Kier alpha value is -3.23. The van der Waals surface area contributed by atoms with Gasteiger partial charge in [-0.25, -0.2) is 0 Å². The van der Waals surface area contributed by atoms with Crippen LogP contribution in [0.25, 0.3) is 0 Å². The standard InChI is InChI=1S/C40H54O2/c1-30(17-12-18-32(3)22-24-38-34(5)27-36(42)28-40(38,8)9)15-10-11-16-31(2)19-13-21-35(29-41)23-25-37-33(4)20-14-26-39(37,6)7/h10-22,24,26,29,36-37,42H,23,25,27-28H2,1-9H3. The lowest BCUT2D eigenvalue weighted by molar-refractivity contribution is -0.105. The Morgan fingerprint density at radius 3 is 2.02 bits per heavy atom. The molecular weight excluding hydrogens is 512 g/mol. The third kappa shape index (κ3) is 11.6. The first kappa shape index (κ1) is 35.0. The van der Waals surface area contributed by atoms with Gasteiger partial charge in [0.15, 0.2) is 0 Å². The lowest BCUT2D eigenvalue weighted by atomic mass is 9.70. The van der Waals surface area contributed by atoms with Crippen molar-refractivity contribution in [2.45, 2.75) is 94.1 Å². The number of allylic oxidation sites excluding steroid dienone is 21. The summed E-state index contributed by atoms with van der Waals surface area (Å²) in [6.07, 6.45) is 35.6. The predicted octanol–water partition coefficient (Wildman–Crippen LogP) is 10.6. The molecule has 0 saturated carbocycles. The van der Waals surface area contributed by atoms with E-state index in [1.807, 2.05) is 30.4 Å². The van der Waals surface area contributed by atoms with Crippen molar-refractivity contribution in [2.24, 2.45) is 16.7 Å². The minimum atomic E-state index is -0.232. The molecule has 1 N–H and O–H groups in total. The van der Waals surface area contributed by atoms with Gasteiger partial charge in [0.2, 0.25) is 0 Å². The highest BCUT2D eigenvalue weighted by Gasteiger charge is 2.31. The Morgan fingerprint density at radius 1 is 0.881 bits per heavy atom. The molecule has 0 radical (unpaired) electrons. The van der Waals surface area contributed by atoms with Crippen LogP contribution in [0.1, 0.15) is 88.0 Å². The molecule has 0 aliphatic heterocycles. The van der Waals surface area contributed by atoms with Crippen molar-refractivity contribution in [2.75, 3.05) is 0 Å². The van der Waals surface area contributed by atoms with E-state index in [9.17, 15) is 9.90 Å². The second-order valence-electron chi connectivity index (χ2n) is 13.4. The number of aldehydes is 1. The van der Waals surface area contributed by atoms with Crippen molar-refractivity contribution in [1.29, 1.82) is 0 Å². The summed E-state index contributed by atoms with van der Waals surface area (Å²) in [4.78, 5) is 11.6. The van der Waals surface area contributed by atoms with Crippen LogP contribution in [0.4, 0.5) is 0 Å². The van der Waals surface area contributed by atoms with Crippen LogP contribution in [0.15, 0.2) is 130 Å². The van der Waals surface area contributed by atoms with Crippen LogP contribution in [0, 0.1) is 16.7 Å². The van der Waals surface area contributed by atoms with Gasteiger partial charge in [-0.15, -0.1) is 0 Å². The monoisotopic (exact) mass is 566 g/mol. The summed E-state index contributed by atoms with van der Waals surface area (Å²) < 4.78 is 0. The first-order valence-corrected chi connectivity index (χ1v) is 15.4. The highest BCUT2D eigenvalue weighted by molar-refractivity contribution is 5.73. The van der Waals surface area contributed by atoms with Gasteiger partial charge in [-0.2, -0.15) is 0 Å². The number of hydrogen-bond acceptors (Lipinski definition) is 2. The van der Waals surface area contributed by atoms with Crippen LogP contribution in [-0.2, 0) is 4.79 Å². The zero-order chi connectivity index (χ0) is 31.3. The van der Waals surface area contributed by atoms with E-state index in [0.29, 0.717) is 5.92 Å². The van der Waals surface area contributed by atoms with Gasteiger partial charge in [-0.1, -0.05) is 147 Å². The average molecular weight is 567 g/mol. The average Bonchev–Trinajstić information content (AvgIpc) is 2.88. The fourth-order valence-corrected chi connectivity index (χ4v) is 6.01. The van der Waals surface area contributed by atoms with Crippen molar-refractivity contribution < 1.29 is 9.90 Å². The van der Waals surface area contributed by atoms with Crippen molar-refractivity contribution in [1.82, 2.24) is 0 Å². The molecule has 0 heterocycles. The second-order valence-corrected chi connectivity index (χ2v) is 13.4. The summed E-state index contributed by atoms with van der Waals surface area (Å²) in [5, 5.41) is 10.1. The molecule has 2 unspecified atom stereocenters. The summed E-state index contributed by atoms with van der Waals surface area (Å²) in [6.45, 7) is 19.6. The topological polar surface area (TPSA) is 37.3 Å². The smallest absolute Gasteiger partial charge is 0.146 e. The van der Waals surface area contributed by atoms with Gasteiger partial charge in [0.1, 0.15) is 6.29 Å². The number of aliphatic hydroxyl groups excluding tert-OH is 1. The number of rotatable bonds is 12. The molecule has 0 aromatic rings.